The zero-order valence-electron chi connectivity index (χ0n) is 11.1. The third-order valence-corrected chi connectivity index (χ3v) is 3.86. The summed E-state index contributed by atoms with van der Waals surface area (Å²) < 4.78 is 46.1. The van der Waals surface area contributed by atoms with Crippen LogP contribution in [0, 0.1) is 5.92 Å². The average Bonchev–Trinajstić information content (AvgIpc) is 2.66. The average molecular weight is 291 g/mol. The lowest BCUT2D eigenvalue weighted by atomic mass is 9.86. The fourth-order valence-corrected chi connectivity index (χ4v) is 2.69. The van der Waals surface area contributed by atoms with E-state index in [4.69, 9.17) is 10.5 Å². The van der Waals surface area contributed by atoms with Gasteiger partial charge in [-0.2, -0.15) is 18.2 Å². The Bertz CT molecular complexity index is 558. The summed E-state index contributed by atoms with van der Waals surface area (Å²) in [4.78, 5) is 15.2. The van der Waals surface area contributed by atoms with Gasteiger partial charge in [-0.1, -0.05) is 13.8 Å². The lowest BCUT2D eigenvalue weighted by Crippen LogP contribution is -2.48. The SMILES string of the molecule is CC[C@@]1(C(F)(F)F)O[C@@H](n2ccc(N)nc2=O)C[C@@H]1C. The molecule has 0 unspecified atom stereocenters. The standard InChI is InChI=1S/C12H16F3N3O2/c1-3-11(12(13,14)15)7(2)6-9(20-11)18-5-4-8(16)17-10(18)19/h4-5,7,9H,3,6H2,1-2H3,(H2,16,17,19)/t7-,9+,11+/m0/s1. The zero-order chi connectivity index (χ0) is 15.1. The highest BCUT2D eigenvalue weighted by molar-refractivity contribution is 5.23. The number of nitrogens with two attached hydrogens (primary N) is 1. The molecule has 1 aliphatic heterocycles. The molecule has 2 heterocycles. The number of nitrogens with zero attached hydrogens (tertiary/aromatic N) is 2. The van der Waals surface area contributed by atoms with Crippen LogP contribution in [-0.4, -0.2) is 21.3 Å². The summed E-state index contributed by atoms with van der Waals surface area (Å²) in [6.07, 6.45) is -4.26. The van der Waals surface area contributed by atoms with Gasteiger partial charge in [0.15, 0.2) is 5.60 Å². The highest BCUT2D eigenvalue weighted by Crippen LogP contribution is 2.51. The maximum atomic E-state index is 13.3. The Morgan fingerprint density at radius 1 is 1.60 bits per heavy atom. The molecule has 0 aromatic carbocycles. The number of hydrogen-bond donors (Lipinski definition) is 1. The second kappa shape index (κ2) is 4.76. The second-order valence-corrected chi connectivity index (χ2v) is 4.99. The molecule has 3 atom stereocenters. The van der Waals surface area contributed by atoms with Crippen LogP contribution in [0.2, 0.25) is 0 Å². The van der Waals surface area contributed by atoms with Gasteiger partial charge in [0.05, 0.1) is 0 Å². The summed E-state index contributed by atoms with van der Waals surface area (Å²) in [7, 11) is 0. The Labute approximate surface area is 113 Å². The van der Waals surface area contributed by atoms with Gasteiger partial charge in [-0.15, -0.1) is 0 Å². The topological polar surface area (TPSA) is 70.1 Å². The monoisotopic (exact) mass is 291 g/mol. The fraction of sp³-hybridized carbons (Fsp3) is 0.667. The number of anilines is 1. The Balaban J connectivity index is 2.37. The van der Waals surface area contributed by atoms with Crippen LogP contribution >= 0.6 is 0 Å². The van der Waals surface area contributed by atoms with E-state index in [1.807, 2.05) is 0 Å². The van der Waals surface area contributed by atoms with Crippen LogP contribution in [-0.2, 0) is 4.74 Å². The van der Waals surface area contributed by atoms with Crippen molar-refractivity contribution in [1.29, 1.82) is 0 Å². The van der Waals surface area contributed by atoms with E-state index in [-0.39, 0.29) is 18.7 Å². The molecule has 112 valence electrons. The molecule has 1 aliphatic rings. The second-order valence-electron chi connectivity index (χ2n) is 4.99. The van der Waals surface area contributed by atoms with E-state index in [9.17, 15) is 18.0 Å². The minimum absolute atomic E-state index is 0.0230. The molecule has 2 rings (SSSR count). The molecule has 0 amide bonds. The maximum absolute atomic E-state index is 13.3. The first-order valence-corrected chi connectivity index (χ1v) is 6.30. The Morgan fingerprint density at radius 2 is 2.25 bits per heavy atom. The van der Waals surface area contributed by atoms with Gasteiger partial charge >= 0.3 is 11.9 Å². The van der Waals surface area contributed by atoms with E-state index < -0.39 is 29.6 Å². The van der Waals surface area contributed by atoms with Gasteiger partial charge in [0, 0.05) is 6.20 Å². The number of ether oxygens (including phenoxy) is 1. The van der Waals surface area contributed by atoms with Gasteiger partial charge in [-0.25, -0.2) is 4.79 Å². The minimum atomic E-state index is -4.49. The highest BCUT2D eigenvalue weighted by Gasteiger charge is 2.62. The predicted molar refractivity (Wildman–Crippen MR) is 65.9 cm³/mol. The third-order valence-electron chi connectivity index (χ3n) is 3.86. The third kappa shape index (κ3) is 2.17. The molecule has 0 spiro atoms. The number of hydrogen-bond acceptors (Lipinski definition) is 4. The fourth-order valence-electron chi connectivity index (χ4n) is 2.69. The quantitative estimate of drug-likeness (QED) is 0.905. The Hall–Kier alpha value is -1.57. The molecule has 5 nitrogen and oxygen atoms in total. The summed E-state index contributed by atoms with van der Waals surface area (Å²) >= 11 is 0. The van der Waals surface area contributed by atoms with E-state index in [1.165, 1.54) is 26.1 Å². The molecule has 0 saturated carbocycles. The van der Waals surface area contributed by atoms with E-state index in [0.29, 0.717) is 0 Å². The number of rotatable bonds is 2. The molecule has 20 heavy (non-hydrogen) atoms. The Morgan fingerprint density at radius 3 is 2.70 bits per heavy atom. The van der Waals surface area contributed by atoms with E-state index >= 15 is 0 Å². The molecule has 2 N–H and O–H groups in total. The first kappa shape index (κ1) is 14.8. The molecule has 0 radical (unpaired) electrons. The largest absolute Gasteiger partial charge is 0.417 e. The molecule has 8 heteroatoms. The van der Waals surface area contributed by atoms with Gasteiger partial charge in [0.1, 0.15) is 12.0 Å². The molecule has 1 aromatic heterocycles. The Kier molecular flexibility index (Phi) is 3.53. The van der Waals surface area contributed by atoms with E-state index in [0.717, 1.165) is 4.57 Å². The van der Waals surface area contributed by atoms with Crippen LogP contribution in [0.15, 0.2) is 17.1 Å². The van der Waals surface area contributed by atoms with Crippen LogP contribution in [0.5, 0.6) is 0 Å². The van der Waals surface area contributed by atoms with Crippen molar-refractivity contribution in [3.63, 3.8) is 0 Å². The van der Waals surface area contributed by atoms with Gasteiger partial charge in [0.2, 0.25) is 0 Å². The predicted octanol–water partition coefficient (Wildman–Crippen LogP) is 2.09. The zero-order valence-corrected chi connectivity index (χ0v) is 11.1. The number of halogens is 3. The number of aromatic nitrogens is 2. The summed E-state index contributed by atoms with van der Waals surface area (Å²) in [5.74, 6) is -0.725. The molecule has 1 aromatic rings. The van der Waals surface area contributed by atoms with Gasteiger partial charge in [-0.3, -0.25) is 4.57 Å². The molecular weight excluding hydrogens is 275 g/mol. The van der Waals surface area contributed by atoms with Crippen LogP contribution in [0.25, 0.3) is 0 Å². The van der Waals surface area contributed by atoms with Crippen LogP contribution in [0.1, 0.15) is 32.9 Å². The van der Waals surface area contributed by atoms with Crippen LogP contribution < -0.4 is 11.4 Å². The summed E-state index contributed by atoms with van der Waals surface area (Å²) in [6, 6.07) is 1.36. The lowest BCUT2D eigenvalue weighted by molar-refractivity contribution is -0.289. The van der Waals surface area contributed by atoms with Crippen molar-refractivity contribution < 1.29 is 17.9 Å². The van der Waals surface area contributed by atoms with Crippen LogP contribution in [0.4, 0.5) is 19.0 Å². The molecular formula is C12H16F3N3O2. The van der Waals surface area contributed by atoms with Crippen molar-refractivity contribution in [3.8, 4) is 0 Å². The smallest absolute Gasteiger partial charge is 0.383 e. The van der Waals surface area contributed by atoms with Gasteiger partial charge < -0.3 is 10.5 Å². The lowest BCUT2D eigenvalue weighted by Gasteiger charge is -2.34. The maximum Gasteiger partial charge on any atom is 0.417 e. The summed E-state index contributed by atoms with van der Waals surface area (Å²) in [6.45, 7) is 2.91. The minimum Gasteiger partial charge on any atom is -0.383 e. The molecule has 1 saturated heterocycles. The number of alkyl halides is 3. The van der Waals surface area contributed by atoms with Crippen molar-refractivity contribution >= 4 is 5.82 Å². The van der Waals surface area contributed by atoms with Crippen LogP contribution in [0.3, 0.4) is 0 Å². The van der Waals surface area contributed by atoms with Crippen molar-refractivity contribution in [2.75, 3.05) is 5.73 Å². The van der Waals surface area contributed by atoms with Crippen molar-refractivity contribution in [1.82, 2.24) is 9.55 Å². The molecule has 1 fully saturated rings. The molecule has 0 bridgehead atoms. The first-order valence-electron chi connectivity index (χ1n) is 6.30. The van der Waals surface area contributed by atoms with Gasteiger partial charge in [-0.05, 0) is 24.8 Å². The summed E-state index contributed by atoms with van der Waals surface area (Å²) in [5.41, 5.74) is 2.42. The highest BCUT2D eigenvalue weighted by atomic mass is 19.4. The van der Waals surface area contributed by atoms with Crippen molar-refractivity contribution in [3.05, 3.63) is 22.7 Å². The van der Waals surface area contributed by atoms with Gasteiger partial charge in [0.25, 0.3) is 0 Å². The normalized spacial score (nSPS) is 30.6. The summed E-state index contributed by atoms with van der Waals surface area (Å²) in [5, 5.41) is 0. The number of nitrogen functional groups attached to an aromatic ring is 1. The molecule has 0 aliphatic carbocycles. The van der Waals surface area contributed by atoms with Crippen molar-refractivity contribution in [2.45, 2.75) is 44.7 Å². The first-order chi connectivity index (χ1) is 9.21. The van der Waals surface area contributed by atoms with Crippen molar-refractivity contribution in [2.24, 2.45) is 5.92 Å². The van der Waals surface area contributed by atoms with E-state index in [2.05, 4.69) is 4.98 Å². The van der Waals surface area contributed by atoms with E-state index in [1.54, 1.807) is 0 Å².